The van der Waals surface area contributed by atoms with Crippen molar-refractivity contribution in [2.24, 2.45) is 5.41 Å². The van der Waals surface area contributed by atoms with Crippen LogP contribution in [0.3, 0.4) is 0 Å². The molecule has 5 heteroatoms. The van der Waals surface area contributed by atoms with E-state index in [2.05, 4.69) is 11.4 Å². The maximum absolute atomic E-state index is 12.3. The van der Waals surface area contributed by atoms with Crippen molar-refractivity contribution in [2.75, 3.05) is 5.32 Å². The highest BCUT2D eigenvalue weighted by atomic mass is 16.4. The third-order valence-electron chi connectivity index (χ3n) is 4.12. The van der Waals surface area contributed by atoms with Gasteiger partial charge in [0.05, 0.1) is 12.0 Å². The molecular formula is C16H18N2O3. The number of benzene rings is 1. The van der Waals surface area contributed by atoms with Crippen molar-refractivity contribution in [3.05, 3.63) is 29.8 Å². The molecule has 2 rings (SSSR count). The first kappa shape index (κ1) is 15.0. The summed E-state index contributed by atoms with van der Waals surface area (Å²) in [5.74, 6) is -1.84. The Kier molecular flexibility index (Phi) is 4.27. The van der Waals surface area contributed by atoms with E-state index in [1.807, 2.05) is 0 Å². The van der Waals surface area contributed by atoms with E-state index in [-0.39, 0.29) is 5.91 Å². The summed E-state index contributed by atoms with van der Waals surface area (Å²) >= 11 is 0. The summed E-state index contributed by atoms with van der Waals surface area (Å²) in [4.78, 5) is 23.3. The van der Waals surface area contributed by atoms with Crippen LogP contribution in [0.15, 0.2) is 24.3 Å². The predicted octanol–water partition coefficient (Wildman–Crippen LogP) is 2.90. The number of hydrogen-bond donors (Lipinski definition) is 2. The van der Waals surface area contributed by atoms with Gasteiger partial charge in [0.25, 0.3) is 0 Å². The summed E-state index contributed by atoms with van der Waals surface area (Å²) in [5, 5.41) is 21.1. The van der Waals surface area contributed by atoms with E-state index in [0.29, 0.717) is 24.1 Å². The van der Waals surface area contributed by atoms with Crippen LogP contribution in [0, 0.1) is 16.7 Å². The molecule has 1 aromatic carbocycles. The van der Waals surface area contributed by atoms with Gasteiger partial charge in [0.2, 0.25) is 5.91 Å². The first-order chi connectivity index (χ1) is 9.98. The Bertz CT molecular complexity index is 598. The second-order valence-electron chi connectivity index (χ2n) is 5.54. The fraction of sp³-hybridized carbons (Fsp3) is 0.438. The Morgan fingerprint density at radius 1 is 1.38 bits per heavy atom. The summed E-state index contributed by atoms with van der Waals surface area (Å²) in [6.07, 6.45) is 2.94. The van der Waals surface area contributed by atoms with Crippen LogP contribution in [0.4, 0.5) is 5.69 Å². The van der Waals surface area contributed by atoms with Gasteiger partial charge in [0.15, 0.2) is 0 Å². The van der Waals surface area contributed by atoms with Gasteiger partial charge in [-0.25, -0.2) is 0 Å². The van der Waals surface area contributed by atoms with Crippen molar-refractivity contribution in [1.29, 1.82) is 5.26 Å². The molecule has 1 unspecified atom stereocenters. The topological polar surface area (TPSA) is 90.2 Å². The molecule has 1 fully saturated rings. The molecule has 0 saturated heterocycles. The van der Waals surface area contributed by atoms with Crippen LogP contribution in [-0.2, 0) is 9.59 Å². The molecule has 1 aromatic rings. The van der Waals surface area contributed by atoms with Crippen LogP contribution in [0.25, 0.3) is 0 Å². The second kappa shape index (κ2) is 5.96. The highest BCUT2D eigenvalue weighted by Crippen LogP contribution is 2.38. The van der Waals surface area contributed by atoms with Gasteiger partial charge in [-0.3, -0.25) is 9.59 Å². The molecule has 1 atom stereocenters. The largest absolute Gasteiger partial charge is 0.481 e. The molecule has 1 amide bonds. The van der Waals surface area contributed by atoms with E-state index >= 15 is 0 Å². The number of aliphatic carboxylic acids is 1. The number of carbonyl (C=O) groups excluding carboxylic acids is 1. The number of carboxylic acid groups (broad SMARTS) is 1. The van der Waals surface area contributed by atoms with Gasteiger partial charge < -0.3 is 10.4 Å². The summed E-state index contributed by atoms with van der Waals surface area (Å²) in [7, 11) is 0. The molecule has 0 aliphatic heterocycles. The maximum Gasteiger partial charge on any atom is 0.310 e. The first-order valence-corrected chi connectivity index (χ1v) is 7.04. The van der Waals surface area contributed by atoms with Gasteiger partial charge in [0.1, 0.15) is 5.41 Å². The molecule has 0 radical (unpaired) electrons. The van der Waals surface area contributed by atoms with Gasteiger partial charge in [-0.05, 0) is 37.5 Å². The van der Waals surface area contributed by atoms with Crippen molar-refractivity contribution in [3.63, 3.8) is 0 Å². The molecule has 110 valence electrons. The maximum atomic E-state index is 12.3. The number of amides is 1. The van der Waals surface area contributed by atoms with Gasteiger partial charge >= 0.3 is 5.97 Å². The zero-order valence-electron chi connectivity index (χ0n) is 11.9. The van der Waals surface area contributed by atoms with Crippen molar-refractivity contribution < 1.29 is 14.7 Å². The first-order valence-electron chi connectivity index (χ1n) is 7.04. The van der Waals surface area contributed by atoms with Gasteiger partial charge in [-0.15, -0.1) is 0 Å². The third kappa shape index (κ3) is 3.05. The Morgan fingerprint density at radius 2 is 2.05 bits per heavy atom. The van der Waals surface area contributed by atoms with Crippen molar-refractivity contribution in [2.45, 2.75) is 38.5 Å². The molecule has 0 heterocycles. The molecule has 5 nitrogen and oxygen atoms in total. The molecule has 0 bridgehead atoms. The molecule has 21 heavy (non-hydrogen) atoms. The van der Waals surface area contributed by atoms with Crippen molar-refractivity contribution in [1.82, 2.24) is 0 Å². The van der Waals surface area contributed by atoms with Crippen molar-refractivity contribution >= 4 is 17.6 Å². The Labute approximate surface area is 123 Å². The number of anilines is 1. The number of carbonyl (C=O) groups is 2. The minimum atomic E-state index is -0.936. The lowest BCUT2D eigenvalue weighted by atomic mass is 9.87. The van der Waals surface area contributed by atoms with Gasteiger partial charge in [-0.1, -0.05) is 25.0 Å². The van der Waals surface area contributed by atoms with E-state index in [1.54, 1.807) is 31.2 Å². The minimum absolute atomic E-state index is 0.289. The quantitative estimate of drug-likeness (QED) is 0.890. The molecule has 1 aliphatic rings. The lowest BCUT2D eigenvalue weighted by Gasteiger charge is -2.19. The molecule has 0 spiro atoms. The SMILES string of the molecule is CC(C(=O)O)c1cccc(NC(=O)C2(C#N)CCCC2)c1. The van der Waals surface area contributed by atoms with E-state index in [1.165, 1.54) is 0 Å². The highest BCUT2D eigenvalue weighted by Gasteiger charge is 2.41. The highest BCUT2D eigenvalue weighted by molar-refractivity contribution is 5.97. The number of hydrogen-bond acceptors (Lipinski definition) is 3. The van der Waals surface area contributed by atoms with E-state index in [0.717, 1.165) is 12.8 Å². The molecule has 1 aliphatic carbocycles. The molecular weight excluding hydrogens is 268 g/mol. The predicted molar refractivity (Wildman–Crippen MR) is 77.6 cm³/mol. The fourth-order valence-corrected chi connectivity index (χ4v) is 2.65. The average Bonchev–Trinajstić information content (AvgIpc) is 2.96. The number of nitriles is 1. The zero-order valence-corrected chi connectivity index (χ0v) is 11.9. The van der Waals surface area contributed by atoms with E-state index in [4.69, 9.17) is 5.11 Å². The van der Waals surface area contributed by atoms with Crippen LogP contribution >= 0.6 is 0 Å². The molecule has 1 saturated carbocycles. The van der Waals surface area contributed by atoms with Crippen LogP contribution < -0.4 is 5.32 Å². The van der Waals surface area contributed by atoms with Crippen LogP contribution in [-0.4, -0.2) is 17.0 Å². The number of nitrogens with zero attached hydrogens (tertiary/aromatic N) is 1. The lowest BCUT2D eigenvalue weighted by Crippen LogP contribution is -2.32. The lowest BCUT2D eigenvalue weighted by molar-refractivity contribution is -0.138. The van der Waals surface area contributed by atoms with Gasteiger partial charge in [0, 0.05) is 5.69 Å². The zero-order chi connectivity index (χ0) is 15.5. The van der Waals surface area contributed by atoms with Crippen LogP contribution in [0.2, 0.25) is 0 Å². The summed E-state index contributed by atoms with van der Waals surface area (Å²) < 4.78 is 0. The molecule has 0 aromatic heterocycles. The normalized spacial score (nSPS) is 17.7. The summed E-state index contributed by atoms with van der Waals surface area (Å²) in [5.41, 5.74) is 0.221. The Morgan fingerprint density at radius 3 is 2.62 bits per heavy atom. The smallest absolute Gasteiger partial charge is 0.310 e. The Balaban J connectivity index is 2.17. The monoisotopic (exact) mass is 286 g/mol. The number of rotatable bonds is 4. The third-order valence-corrected chi connectivity index (χ3v) is 4.12. The standard InChI is InChI=1S/C16H18N2O3/c1-11(14(19)20)12-5-4-6-13(9-12)18-15(21)16(10-17)7-2-3-8-16/h4-6,9,11H,2-3,7-8H2,1H3,(H,18,21)(H,19,20). The second-order valence-corrected chi connectivity index (χ2v) is 5.54. The summed E-state index contributed by atoms with van der Waals surface area (Å²) in [6, 6.07) is 8.92. The number of carboxylic acids is 1. The van der Waals surface area contributed by atoms with Gasteiger partial charge in [-0.2, -0.15) is 5.26 Å². The average molecular weight is 286 g/mol. The van der Waals surface area contributed by atoms with Crippen molar-refractivity contribution in [3.8, 4) is 6.07 Å². The minimum Gasteiger partial charge on any atom is -0.481 e. The molecule has 2 N–H and O–H groups in total. The van der Waals surface area contributed by atoms with E-state index in [9.17, 15) is 14.9 Å². The van der Waals surface area contributed by atoms with Crippen LogP contribution in [0.5, 0.6) is 0 Å². The number of nitrogens with one attached hydrogen (secondary N) is 1. The van der Waals surface area contributed by atoms with E-state index < -0.39 is 17.3 Å². The fourth-order valence-electron chi connectivity index (χ4n) is 2.65. The Hall–Kier alpha value is -2.35. The van der Waals surface area contributed by atoms with Crippen LogP contribution in [0.1, 0.15) is 44.1 Å². The summed E-state index contributed by atoms with van der Waals surface area (Å²) in [6.45, 7) is 1.59.